The highest BCUT2D eigenvalue weighted by molar-refractivity contribution is 5.84. The Labute approximate surface area is 102 Å². The number of carbonyl (C=O) groups excluding carboxylic acids is 1. The molecular formula is C12H22N2O3. The van der Waals surface area contributed by atoms with E-state index in [0.29, 0.717) is 6.42 Å². The number of hydrogen-bond acceptors (Lipinski definition) is 3. The second kappa shape index (κ2) is 6.00. The van der Waals surface area contributed by atoms with Crippen LogP contribution in [0, 0.1) is 0 Å². The number of unbranched alkanes of at least 4 members (excludes halogenated alkanes) is 1. The van der Waals surface area contributed by atoms with Crippen molar-refractivity contribution in [2.24, 2.45) is 5.73 Å². The van der Waals surface area contributed by atoms with Crippen LogP contribution in [0.15, 0.2) is 0 Å². The average Bonchev–Trinajstić information content (AvgIpc) is 2.21. The Morgan fingerprint density at radius 3 is 2.53 bits per heavy atom. The minimum absolute atomic E-state index is 0.239. The summed E-state index contributed by atoms with van der Waals surface area (Å²) in [5, 5.41) is 11.5. The topological polar surface area (TPSA) is 92.4 Å². The molecule has 1 aliphatic rings. The van der Waals surface area contributed by atoms with Gasteiger partial charge in [0.1, 0.15) is 6.04 Å². The second-order valence-electron chi connectivity index (χ2n) is 4.99. The lowest BCUT2D eigenvalue weighted by atomic mass is 9.75. The predicted molar refractivity (Wildman–Crippen MR) is 64.5 cm³/mol. The van der Waals surface area contributed by atoms with Gasteiger partial charge >= 0.3 is 5.97 Å². The van der Waals surface area contributed by atoms with E-state index in [1.165, 1.54) is 0 Å². The molecule has 1 atom stereocenters. The van der Waals surface area contributed by atoms with Gasteiger partial charge in [-0.25, -0.2) is 4.79 Å². The zero-order valence-electron chi connectivity index (χ0n) is 10.4. The standard InChI is InChI=1S/C12H22N2O3/c1-2-3-5-9(11(16)17)14-10(15)8-12(13)6-4-7-12/h9H,2-8,13H2,1H3,(H,14,15)(H,16,17)/t9-/m0/s1. The summed E-state index contributed by atoms with van der Waals surface area (Å²) in [5.41, 5.74) is 5.56. The summed E-state index contributed by atoms with van der Waals surface area (Å²) in [4.78, 5) is 22.6. The molecule has 5 heteroatoms. The van der Waals surface area contributed by atoms with Crippen molar-refractivity contribution < 1.29 is 14.7 Å². The molecule has 17 heavy (non-hydrogen) atoms. The maximum Gasteiger partial charge on any atom is 0.326 e. The summed E-state index contributed by atoms with van der Waals surface area (Å²) in [6, 6.07) is -0.772. The van der Waals surface area contributed by atoms with Crippen molar-refractivity contribution in [1.82, 2.24) is 5.32 Å². The molecule has 0 aromatic rings. The van der Waals surface area contributed by atoms with Gasteiger partial charge < -0.3 is 16.2 Å². The number of nitrogens with two attached hydrogens (primary N) is 1. The lowest BCUT2D eigenvalue weighted by molar-refractivity contribution is -0.142. The number of aliphatic carboxylic acids is 1. The van der Waals surface area contributed by atoms with Crippen LogP contribution in [0.1, 0.15) is 51.9 Å². The molecule has 1 amide bonds. The SMILES string of the molecule is CCCC[C@H](NC(=O)CC1(N)CCC1)C(=O)O. The van der Waals surface area contributed by atoms with Crippen molar-refractivity contribution in [3.05, 3.63) is 0 Å². The van der Waals surface area contributed by atoms with Crippen LogP contribution >= 0.6 is 0 Å². The molecule has 98 valence electrons. The highest BCUT2D eigenvalue weighted by Gasteiger charge is 2.35. The van der Waals surface area contributed by atoms with Gasteiger partial charge in [0.15, 0.2) is 0 Å². The monoisotopic (exact) mass is 242 g/mol. The van der Waals surface area contributed by atoms with Crippen molar-refractivity contribution in [3.8, 4) is 0 Å². The summed E-state index contributed by atoms with van der Waals surface area (Å²) in [6.07, 6.45) is 5.20. The zero-order chi connectivity index (χ0) is 12.9. The molecule has 0 aromatic carbocycles. The third-order valence-electron chi connectivity index (χ3n) is 3.34. The number of carbonyl (C=O) groups is 2. The third kappa shape index (κ3) is 4.34. The number of amides is 1. The molecule has 0 saturated heterocycles. The maximum atomic E-state index is 11.7. The Morgan fingerprint density at radius 2 is 2.12 bits per heavy atom. The van der Waals surface area contributed by atoms with Crippen molar-refractivity contribution in [2.75, 3.05) is 0 Å². The van der Waals surface area contributed by atoms with E-state index in [-0.39, 0.29) is 12.3 Å². The summed E-state index contributed by atoms with van der Waals surface area (Å²) in [7, 11) is 0. The molecule has 0 radical (unpaired) electrons. The first kappa shape index (κ1) is 14.0. The minimum atomic E-state index is -0.966. The van der Waals surface area contributed by atoms with E-state index in [1.807, 2.05) is 6.92 Å². The first-order chi connectivity index (χ1) is 7.97. The van der Waals surface area contributed by atoms with Gasteiger partial charge in [0.25, 0.3) is 0 Å². The number of hydrogen-bond donors (Lipinski definition) is 3. The largest absolute Gasteiger partial charge is 0.480 e. The van der Waals surface area contributed by atoms with Gasteiger partial charge in [-0.15, -0.1) is 0 Å². The fraction of sp³-hybridized carbons (Fsp3) is 0.833. The van der Waals surface area contributed by atoms with Gasteiger partial charge in [0.2, 0.25) is 5.91 Å². The number of carboxylic acid groups (broad SMARTS) is 1. The Bertz CT molecular complexity index is 287. The number of rotatable bonds is 7. The van der Waals surface area contributed by atoms with E-state index in [0.717, 1.165) is 32.1 Å². The minimum Gasteiger partial charge on any atom is -0.480 e. The summed E-state index contributed by atoms with van der Waals surface area (Å²) < 4.78 is 0. The van der Waals surface area contributed by atoms with E-state index in [4.69, 9.17) is 10.8 Å². The highest BCUT2D eigenvalue weighted by atomic mass is 16.4. The van der Waals surface area contributed by atoms with E-state index < -0.39 is 17.6 Å². The van der Waals surface area contributed by atoms with Crippen molar-refractivity contribution in [3.63, 3.8) is 0 Å². The average molecular weight is 242 g/mol. The van der Waals surface area contributed by atoms with Gasteiger partial charge in [0.05, 0.1) is 0 Å². The molecule has 1 rings (SSSR count). The maximum absolute atomic E-state index is 11.7. The van der Waals surface area contributed by atoms with Gasteiger partial charge in [-0.3, -0.25) is 4.79 Å². The Morgan fingerprint density at radius 1 is 1.47 bits per heavy atom. The van der Waals surface area contributed by atoms with Crippen LogP contribution in [-0.2, 0) is 9.59 Å². The van der Waals surface area contributed by atoms with Crippen molar-refractivity contribution in [1.29, 1.82) is 0 Å². The van der Waals surface area contributed by atoms with Gasteiger partial charge in [-0.2, -0.15) is 0 Å². The van der Waals surface area contributed by atoms with Crippen LogP contribution < -0.4 is 11.1 Å². The molecule has 0 unspecified atom stereocenters. The molecular weight excluding hydrogens is 220 g/mol. The van der Waals surface area contributed by atoms with Crippen LogP contribution in [0.3, 0.4) is 0 Å². The smallest absolute Gasteiger partial charge is 0.326 e. The van der Waals surface area contributed by atoms with Crippen LogP contribution in [0.25, 0.3) is 0 Å². The van der Waals surface area contributed by atoms with Crippen LogP contribution in [0.5, 0.6) is 0 Å². The van der Waals surface area contributed by atoms with Crippen LogP contribution in [0.2, 0.25) is 0 Å². The molecule has 5 nitrogen and oxygen atoms in total. The van der Waals surface area contributed by atoms with E-state index in [9.17, 15) is 9.59 Å². The quantitative estimate of drug-likeness (QED) is 0.621. The Hall–Kier alpha value is -1.10. The first-order valence-corrected chi connectivity index (χ1v) is 6.28. The van der Waals surface area contributed by atoms with Crippen LogP contribution in [-0.4, -0.2) is 28.6 Å². The number of nitrogens with one attached hydrogen (secondary N) is 1. The lowest BCUT2D eigenvalue weighted by Crippen LogP contribution is -2.52. The Balaban J connectivity index is 2.37. The molecule has 0 aliphatic heterocycles. The van der Waals surface area contributed by atoms with E-state index in [1.54, 1.807) is 0 Å². The molecule has 1 aliphatic carbocycles. The first-order valence-electron chi connectivity index (χ1n) is 6.28. The second-order valence-corrected chi connectivity index (χ2v) is 4.99. The predicted octanol–water partition coefficient (Wildman–Crippen LogP) is 1.02. The van der Waals surface area contributed by atoms with Crippen LogP contribution in [0.4, 0.5) is 0 Å². The van der Waals surface area contributed by atoms with Crippen molar-refractivity contribution >= 4 is 11.9 Å². The molecule has 1 saturated carbocycles. The summed E-state index contributed by atoms with van der Waals surface area (Å²) >= 11 is 0. The summed E-state index contributed by atoms with van der Waals surface area (Å²) in [5.74, 6) is -1.21. The zero-order valence-corrected chi connectivity index (χ0v) is 10.4. The molecule has 0 bridgehead atoms. The molecule has 1 fully saturated rings. The lowest BCUT2D eigenvalue weighted by Gasteiger charge is -2.37. The third-order valence-corrected chi connectivity index (χ3v) is 3.34. The van der Waals surface area contributed by atoms with E-state index >= 15 is 0 Å². The molecule has 4 N–H and O–H groups in total. The molecule has 0 heterocycles. The molecule has 0 spiro atoms. The van der Waals surface area contributed by atoms with Crippen molar-refractivity contribution in [2.45, 2.75) is 63.5 Å². The fourth-order valence-corrected chi connectivity index (χ4v) is 2.04. The number of carboxylic acids is 1. The van der Waals surface area contributed by atoms with Gasteiger partial charge in [-0.1, -0.05) is 19.8 Å². The van der Waals surface area contributed by atoms with Gasteiger partial charge in [0, 0.05) is 12.0 Å². The Kier molecular flexibility index (Phi) is 4.93. The fourth-order valence-electron chi connectivity index (χ4n) is 2.04. The van der Waals surface area contributed by atoms with E-state index in [2.05, 4.69) is 5.32 Å². The highest BCUT2D eigenvalue weighted by Crippen LogP contribution is 2.31. The summed E-state index contributed by atoms with van der Waals surface area (Å²) in [6.45, 7) is 1.99. The van der Waals surface area contributed by atoms with Gasteiger partial charge in [-0.05, 0) is 25.7 Å². The molecule has 0 aromatic heterocycles. The normalized spacial score (nSPS) is 19.2.